The standard InChI is InChI=1S/C42H29Br2ClN2/c43-34-15-23-39(24-16-34)46(37-19-11-32(12-20-37)30-7-3-1-4-8-30)41-27-36(45)28-42(29-41)47(40-25-17-35(44)18-26-40)38-21-13-33(14-22-38)31-9-5-2-6-10-31/h1-29H. The van der Waals surface area contributed by atoms with Crippen molar-refractivity contribution in [2.45, 2.75) is 0 Å². The van der Waals surface area contributed by atoms with E-state index in [0.717, 1.165) is 54.2 Å². The number of nitrogens with zero attached hydrogens (tertiary/aromatic N) is 2. The van der Waals surface area contributed by atoms with Crippen molar-refractivity contribution in [3.8, 4) is 22.3 Å². The lowest BCUT2D eigenvalue weighted by molar-refractivity contribution is 1.25. The first-order chi connectivity index (χ1) is 23.0. The van der Waals surface area contributed by atoms with Crippen molar-refractivity contribution in [3.63, 3.8) is 0 Å². The largest absolute Gasteiger partial charge is 0.310 e. The summed E-state index contributed by atoms with van der Waals surface area (Å²) in [5, 5.41) is 0.642. The maximum atomic E-state index is 6.98. The SMILES string of the molecule is Clc1cc(N(c2ccc(Br)cc2)c2ccc(-c3ccccc3)cc2)cc(N(c2ccc(Br)cc2)c2ccc(-c3ccccc3)cc2)c1. The molecule has 0 amide bonds. The van der Waals surface area contributed by atoms with Crippen LogP contribution in [0.25, 0.3) is 22.3 Å². The van der Waals surface area contributed by atoms with Crippen molar-refractivity contribution in [1.82, 2.24) is 0 Å². The molecule has 0 spiro atoms. The van der Waals surface area contributed by atoms with Gasteiger partial charge in [-0.05, 0) is 113 Å². The van der Waals surface area contributed by atoms with Crippen LogP contribution in [0.5, 0.6) is 0 Å². The van der Waals surface area contributed by atoms with Gasteiger partial charge in [0, 0.05) is 48.1 Å². The zero-order valence-electron chi connectivity index (χ0n) is 25.3. The second-order valence-electron chi connectivity index (χ2n) is 11.1. The molecule has 0 N–H and O–H groups in total. The van der Waals surface area contributed by atoms with E-state index in [-0.39, 0.29) is 0 Å². The van der Waals surface area contributed by atoms with Gasteiger partial charge in [0.05, 0.1) is 0 Å². The van der Waals surface area contributed by atoms with E-state index in [0.29, 0.717) is 5.02 Å². The van der Waals surface area contributed by atoms with E-state index in [1.807, 2.05) is 24.3 Å². The predicted octanol–water partition coefficient (Wildman–Crippen LogP) is 14.1. The number of halogens is 3. The molecule has 0 bridgehead atoms. The number of hydrogen-bond donors (Lipinski definition) is 0. The molecule has 7 aromatic rings. The second kappa shape index (κ2) is 14.0. The maximum Gasteiger partial charge on any atom is 0.0497 e. The lowest BCUT2D eigenvalue weighted by Crippen LogP contribution is -2.13. The van der Waals surface area contributed by atoms with Crippen LogP contribution in [0, 0.1) is 0 Å². The van der Waals surface area contributed by atoms with Gasteiger partial charge >= 0.3 is 0 Å². The molecule has 228 valence electrons. The van der Waals surface area contributed by atoms with Gasteiger partial charge in [-0.15, -0.1) is 0 Å². The van der Waals surface area contributed by atoms with E-state index < -0.39 is 0 Å². The van der Waals surface area contributed by atoms with Crippen molar-refractivity contribution < 1.29 is 0 Å². The highest BCUT2D eigenvalue weighted by molar-refractivity contribution is 9.10. The Labute approximate surface area is 297 Å². The molecule has 0 aliphatic rings. The molecule has 0 aliphatic carbocycles. The highest BCUT2D eigenvalue weighted by Crippen LogP contribution is 2.43. The summed E-state index contributed by atoms with van der Waals surface area (Å²) in [4.78, 5) is 4.49. The minimum Gasteiger partial charge on any atom is -0.310 e. The summed E-state index contributed by atoms with van der Waals surface area (Å²) < 4.78 is 2.04. The Morgan fingerprint density at radius 2 is 0.617 bits per heavy atom. The molecule has 5 heteroatoms. The molecule has 0 saturated carbocycles. The summed E-state index contributed by atoms with van der Waals surface area (Å²) in [6.07, 6.45) is 0. The highest BCUT2D eigenvalue weighted by atomic mass is 79.9. The van der Waals surface area contributed by atoms with Gasteiger partial charge in [-0.3, -0.25) is 0 Å². The normalized spacial score (nSPS) is 10.9. The first-order valence-electron chi connectivity index (χ1n) is 15.2. The molecular weight excluding hydrogens is 728 g/mol. The Bertz CT molecular complexity index is 1930. The molecule has 0 aliphatic heterocycles. The van der Waals surface area contributed by atoms with Crippen molar-refractivity contribution in [3.05, 3.63) is 190 Å². The van der Waals surface area contributed by atoms with E-state index in [2.05, 4.69) is 193 Å². The van der Waals surface area contributed by atoms with E-state index in [9.17, 15) is 0 Å². The summed E-state index contributed by atoms with van der Waals surface area (Å²) in [6.45, 7) is 0. The first kappa shape index (κ1) is 31.0. The van der Waals surface area contributed by atoms with Gasteiger partial charge in [-0.1, -0.05) is 128 Å². The zero-order valence-corrected chi connectivity index (χ0v) is 29.2. The number of benzene rings is 7. The van der Waals surface area contributed by atoms with E-state index in [1.165, 1.54) is 11.1 Å². The summed E-state index contributed by atoms with van der Waals surface area (Å²) in [5.41, 5.74) is 10.7. The molecule has 7 rings (SSSR count). The molecule has 47 heavy (non-hydrogen) atoms. The lowest BCUT2D eigenvalue weighted by atomic mass is 10.0. The zero-order chi connectivity index (χ0) is 32.2. The van der Waals surface area contributed by atoms with Crippen molar-refractivity contribution >= 4 is 77.6 Å². The molecule has 0 saturated heterocycles. The van der Waals surface area contributed by atoms with Gasteiger partial charge in [-0.25, -0.2) is 0 Å². The first-order valence-corrected chi connectivity index (χ1v) is 17.2. The van der Waals surface area contributed by atoms with E-state index >= 15 is 0 Å². The number of hydrogen-bond acceptors (Lipinski definition) is 2. The summed E-state index contributed by atoms with van der Waals surface area (Å²) in [6, 6.07) is 61.2. The Hall–Kier alpha value is -4.61. The Balaban J connectivity index is 1.34. The third-order valence-electron chi connectivity index (χ3n) is 8.02. The van der Waals surface area contributed by atoms with Crippen LogP contribution in [0.1, 0.15) is 0 Å². The van der Waals surface area contributed by atoms with Crippen LogP contribution in [-0.2, 0) is 0 Å². The van der Waals surface area contributed by atoms with Crippen LogP contribution in [-0.4, -0.2) is 0 Å². The monoisotopic (exact) mass is 754 g/mol. The fraction of sp³-hybridized carbons (Fsp3) is 0. The molecule has 7 aromatic carbocycles. The third kappa shape index (κ3) is 7.06. The smallest absolute Gasteiger partial charge is 0.0497 e. The average molecular weight is 757 g/mol. The van der Waals surface area contributed by atoms with Crippen LogP contribution in [0.2, 0.25) is 5.02 Å². The van der Waals surface area contributed by atoms with Gasteiger partial charge in [0.1, 0.15) is 0 Å². The highest BCUT2D eigenvalue weighted by Gasteiger charge is 2.19. The fourth-order valence-corrected chi connectivity index (χ4v) is 6.51. The average Bonchev–Trinajstić information content (AvgIpc) is 3.11. The third-order valence-corrected chi connectivity index (χ3v) is 9.29. The number of rotatable bonds is 8. The minimum absolute atomic E-state index is 0.642. The lowest BCUT2D eigenvalue weighted by Gasteiger charge is -2.30. The van der Waals surface area contributed by atoms with Crippen LogP contribution >= 0.6 is 43.5 Å². The van der Waals surface area contributed by atoms with Gasteiger partial charge < -0.3 is 9.80 Å². The van der Waals surface area contributed by atoms with Crippen LogP contribution in [0.15, 0.2) is 185 Å². The molecule has 0 aromatic heterocycles. The van der Waals surface area contributed by atoms with Crippen molar-refractivity contribution in [2.24, 2.45) is 0 Å². The molecule has 0 atom stereocenters. The second-order valence-corrected chi connectivity index (χ2v) is 13.4. The fourth-order valence-electron chi connectivity index (χ4n) is 5.76. The van der Waals surface area contributed by atoms with Crippen molar-refractivity contribution in [2.75, 3.05) is 9.80 Å². The Morgan fingerprint density at radius 3 is 0.957 bits per heavy atom. The summed E-state index contributed by atoms with van der Waals surface area (Å²) >= 11 is 14.2. The van der Waals surface area contributed by atoms with Gasteiger partial charge in [0.25, 0.3) is 0 Å². The Kier molecular flexibility index (Phi) is 9.25. The summed E-state index contributed by atoms with van der Waals surface area (Å²) in [5.74, 6) is 0. The number of anilines is 6. The Morgan fingerprint density at radius 1 is 0.319 bits per heavy atom. The predicted molar refractivity (Wildman–Crippen MR) is 207 cm³/mol. The topological polar surface area (TPSA) is 6.48 Å². The van der Waals surface area contributed by atoms with Crippen molar-refractivity contribution in [1.29, 1.82) is 0 Å². The van der Waals surface area contributed by atoms with E-state index in [1.54, 1.807) is 0 Å². The van der Waals surface area contributed by atoms with Crippen LogP contribution < -0.4 is 9.80 Å². The molecule has 0 fully saturated rings. The van der Waals surface area contributed by atoms with Gasteiger partial charge in [0.15, 0.2) is 0 Å². The van der Waals surface area contributed by atoms with Gasteiger partial charge in [-0.2, -0.15) is 0 Å². The van der Waals surface area contributed by atoms with E-state index in [4.69, 9.17) is 11.6 Å². The van der Waals surface area contributed by atoms with Crippen LogP contribution in [0.3, 0.4) is 0 Å². The van der Waals surface area contributed by atoms with Gasteiger partial charge in [0.2, 0.25) is 0 Å². The molecule has 0 radical (unpaired) electrons. The minimum atomic E-state index is 0.642. The molecular formula is C42H29Br2ClN2. The molecule has 0 heterocycles. The quantitative estimate of drug-likeness (QED) is 0.152. The molecule has 0 unspecified atom stereocenters. The van der Waals surface area contributed by atoms with Crippen LogP contribution in [0.4, 0.5) is 34.1 Å². The molecule has 2 nitrogen and oxygen atoms in total. The summed E-state index contributed by atoms with van der Waals surface area (Å²) in [7, 11) is 0. The maximum absolute atomic E-state index is 6.98.